The summed E-state index contributed by atoms with van der Waals surface area (Å²) in [5.41, 5.74) is 2.26. The quantitative estimate of drug-likeness (QED) is 0.437. The Bertz CT molecular complexity index is 1220. The second kappa shape index (κ2) is 9.38. The number of nitrogens with one attached hydrogen (secondary N) is 1. The van der Waals surface area contributed by atoms with Gasteiger partial charge in [-0.15, -0.1) is 5.10 Å². The number of ether oxygens (including phenoxy) is 1. The molecule has 4 rings (SSSR count). The number of halogens is 2. The average Bonchev–Trinajstić information content (AvgIpc) is 3.23. The fourth-order valence-corrected chi connectivity index (χ4v) is 3.02. The third kappa shape index (κ3) is 4.80. The highest BCUT2D eigenvalue weighted by molar-refractivity contribution is 5.90. The van der Waals surface area contributed by atoms with E-state index >= 15 is 0 Å². The Morgan fingerprint density at radius 3 is 2.41 bits per heavy atom. The molecule has 0 saturated carbocycles. The molecule has 0 bridgehead atoms. The highest BCUT2D eigenvalue weighted by Gasteiger charge is 2.18. The number of hydrogen-bond donors (Lipinski definition) is 1. The molecule has 0 fully saturated rings. The van der Waals surface area contributed by atoms with Crippen LogP contribution in [0.2, 0.25) is 0 Å². The molecule has 0 aliphatic rings. The number of amides is 1. The summed E-state index contributed by atoms with van der Waals surface area (Å²) in [6.45, 7) is 1.90. The van der Waals surface area contributed by atoms with Crippen LogP contribution in [-0.4, -0.2) is 20.7 Å². The van der Waals surface area contributed by atoms with E-state index in [9.17, 15) is 13.6 Å². The minimum Gasteiger partial charge on any atom is -0.457 e. The van der Waals surface area contributed by atoms with Crippen LogP contribution >= 0.6 is 0 Å². The minimum atomic E-state index is -0.446. The third-order valence-electron chi connectivity index (χ3n) is 4.70. The number of aromatic nitrogens is 3. The lowest BCUT2D eigenvalue weighted by Crippen LogP contribution is -2.09. The summed E-state index contributed by atoms with van der Waals surface area (Å²) in [6, 6.07) is 19.1. The van der Waals surface area contributed by atoms with Crippen molar-refractivity contribution >= 4 is 11.6 Å². The van der Waals surface area contributed by atoms with Crippen molar-refractivity contribution in [2.75, 3.05) is 5.32 Å². The first-order valence-electron chi connectivity index (χ1n) is 10.0. The van der Waals surface area contributed by atoms with Crippen LogP contribution in [0.25, 0.3) is 17.1 Å². The Kier molecular flexibility index (Phi) is 6.21. The van der Waals surface area contributed by atoms with E-state index in [0.717, 1.165) is 5.56 Å². The van der Waals surface area contributed by atoms with Crippen molar-refractivity contribution < 1.29 is 18.3 Å². The third-order valence-corrected chi connectivity index (χ3v) is 4.70. The van der Waals surface area contributed by atoms with E-state index in [1.807, 2.05) is 0 Å². The molecule has 6 nitrogen and oxygen atoms in total. The second-order valence-corrected chi connectivity index (χ2v) is 6.97. The zero-order valence-corrected chi connectivity index (χ0v) is 17.3. The number of anilines is 1. The Balaban J connectivity index is 1.66. The smallest absolute Gasteiger partial charge is 0.336 e. The summed E-state index contributed by atoms with van der Waals surface area (Å²) in [5, 5.41) is 7.17. The van der Waals surface area contributed by atoms with Crippen LogP contribution in [0.5, 0.6) is 6.01 Å². The molecule has 8 heteroatoms. The molecule has 0 spiro atoms. The summed E-state index contributed by atoms with van der Waals surface area (Å²) in [7, 11) is 0. The van der Waals surface area contributed by atoms with E-state index in [-0.39, 0.29) is 35.7 Å². The Morgan fingerprint density at radius 2 is 1.72 bits per heavy atom. The molecule has 0 radical (unpaired) electrons. The van der Waals surface area contributed by atoms with Gasteiger partial charge in [0, 0.05) is 12.1 Å². The first-order valence-corrected chi connectivity index (χ1v) is 10.0. The van der Waals surface area contributed by atoms with Gasteiger partial charge >= 0.3 is 6.01 Å². The topological polar surface area (TPSA) is 69.0 Å². The largest absolute Gasteiger partial charge is 0.457 e. The predicted octanol–water partition coefficient (Wildman–Crippen LogP) is 5.14. The van der Waals surface area contributed by atoms with E-state index in [1.165, 1.54) is 22.9 Å². The Labute approximate surface area is 183 Å². The monoisotopic (exact) mass is 434 g/mol. The Morgan fingerprint density at radius 1 is 1.00 bits per heavy atom. The van der Waals surface area contributed by atoms with Gasteiger partial charge in [0.15, 0.2) is 5.82 Å². The lowest BCUT2D eigenvalue weighted by atomic mass is 10.2. The number of nitrogens with zero attached hydrogens (tertiary/aromatic N) is 3. The molecule has 162 valence electrons. The van der Waals surface area contributed by atoms with E-state index in [2.05, 4.69) is 15.4 Å². The van der Waals surface area contributed by atoms with Crippen LogP contribution in [0.4, 0.5) is 14.5 Å². The second-order valence-electron chi connectivity index (χ2n) is 6.97. The van der Waals surface area contributed by atoms with Gasteiger partial charge in [-0.1, -0.05) is 31.2 Å². The fourth-order valence-electron chi connectivity index (χ4n) is 3.02. The van der Waals surface area contributed by atoms with Crippen LogP contribution in [0, 0.1) is 11.6 Å². The van der Waals surface area contributed by atoms with Gasteiger partial charge < -0.3 is 10.1 Å². The number of benzene rings is 3. The molecule has 0 unspecified atom stereocenters. The van der Waals surface area contributed by atoms with Crippen LogP contribution in [0.1, 0.15) is 18.9 Å². The lowest BCUT2D eigenvalue weighted by Gasteiger charge is -2.08. The highest BCUT2D eigenvalue weighted by Crippen LogP contribution is 2.26. The highest BCUT2D eigenvalue weighted by atomic mass is 19.1. The molecule has 0 aliphatic heterocycles. The first-order chi connectivity index (χ1) is 15.5. The summed E-state index contributed by atoms with van der Waals surface area (Å²) in [5.74, 6) is -0.612. The maximum Gasteiger partial charge on any atom is 0.336 e. The van der Waals surface area contributed by atoms with Gasteiger partial charge in [0.1, 0.15) is 18.2 Å². The molecular weight excluding hydrogens is 414 g/mol. The molecule has 3 aromatic carbocycles. The molecule has 1 heterocycles. The fraction of sp³-hybridized carbons (Fsp3) is 0.125. The normalized spacial score (nSPS) is 10.7. The van der Waals surface area contributed by atoms with Gasteiger partial charge in [0.2, 0.25) is 5.91 Å². The van der Waals surface area contributed by atoms with E-state index in [0.29, 0.717) is 17.8 Å². The first kappa shape index (κ1) is 21.2. The van der Waals surface area contributed by atoms with E-state index in [1.54, 1.807) is 61.5 Å². The maximum absolute atomic E-state index is 14.5. The van der Waals surface area contributed by atoms with Gasteiger partial charge in [-0.3, -0.25) is 4.79 Å². The molecular formula is C24H20F2N4O2. The van der Waals surface area contributed by atoms with Crippen LogP contribution in [0.3, 0.4) is 0 Å². The van der Waals surface area contributed by atoms with Crippen molar-refractivity contribution in [3.05, 3.63) is 90.0 Å². The van der Waals surface area contributed by atoms with Crippen molar-refractivity contribution in [1.29, 1.82) is 0 Å². The van der Waals surface area contributed by atoms with Crippen molar-refractivity contribution in [3.8, 4) is 23.1 Å². The summed E-state index contributed by atoms with van der Waals surface area (Å²) in [4.78, 5) is 16.0. The molecule has 0 aliphatic carbocycles. The van der Waals surface area contributed by atoms with Gasteiger partial charge in [0.05, 0.1) is 11.3 Å². The summed E-state index contributed by atoms with van der Waals surface area (Å²) < 4.78 is 34.8. The lowest BCUT2D eigenvalue weighted by molar-refractivity contribution is -0.115. The molecule has 1 amide bonds. The zero-order valence-electron chi connectivity index (χ0n) is 17.3. The predicted molar refractivity (Wildman–Crippen MR) is 116 cm³/mol. The summed E-state index contributed by atoms with van der Waals surface area (Å²) in [6.07, 6.45) is 0.372. The number of rotatable bonds is 7. The van der Waals surface area contributed by atoms with Crippen molar-refractivity contribution in [1.82, 2.24) is 14.8 Å². The van der Waals surface area contributed by atoms with Crippen LogP contribution in [-0.2, 0) is 11.4 Å². The number of hydrogen-bond acceptors (Lipinski definition) is 4. The maximum atomic E-state index is 14.5. The van der Waals surface area contributed by atoms with Crippen LogP contribution < -0.4 is 10.1 Å². The van der Waals surface area contributed by atoms with Gasteiger partial charge in [-0.05, 0) is 54.1 Å². The zero-order chi connectivity index (χ0) is 22.5. The van der Waals surface area contributed by atoms with Crippen molar-refractivity contribution in [2.24, 2.45) is 0 Å². The van der Waals surface area contributed by atoms with Gasteiger partial charge in [-0.2, -0.15) is 4.98 Å². The SMILES string of the molecule is CCC(=O)Nc1ccc(-n2nc(OCc3ccc(F)cc3)nc2-c2ccccc2F)cc1. The van der Waals surface area contributed by atoms with E-state index < -0.39 is 5.82 Å². The average molecular weight is 434 g/mol. The molecule has 0 saturated heterocycles. The minimum absolute atomic E-state index is 0.0518. The van der Waals surface area contributed by atoms with Crippen molar-refractivity contribution in [2.45, 2.75) is 20.0 Å². The van der Waals surface area contributed by atoms with Gasteiger partial charge in [0.25, 0.3) is 0 Å². The molecule has 1 aromatic heterocycles. The molecule has 0 atom stereocenters. The van der Waals surface area contributed by atoms with Gasteiger partial charge in [-0.25, -0.2) is 13.5 Å². The Hall–Kier alpha value is -4.07. The van der Waals surface area contributed by atoms with E-state index in [4.69, 9.17) is 4.74 Å². The number of carbonyl (C=O) groups is 1. The van der Waals surface area contributed by atoms with Crippen LogP contribution in [0.15, 0.2) is 72.8 Å². The standard InChI is InChI=1S/C24H20F2N4O2/c1-2-22(31)27-18-11-13-19(14-12-18)30-23(20-5-3-4-6-21(20)26)28-24(29-30)32-15-16-7-9-17(25)10-8-16/h3-14H,2,15H2,1H3,(H,27,31). The van der Waals surface area contributed by atoms with Crippen molar-refractivity contribution in [3.63, 3.8) is 0 Å². The molecule has 4 aromatic rings. The summed E-state index contributed by atoms with van der Waals surface area (Å²) >= 11 is 0. The molecule has 32 heavy (non-hydrogen) atoms. The number of carbonyl (C=O) groups excluding carboxylic acids is 1. The molecule has 1 N–H and O–H groups in total.